The van der Waals surface area contributed by atoms with Crippen molar-refractivity contribution in [3.8, 4) is 0 Å². The topological polar surface area (TPSA) is 86.7 Å². The van der Waals surface area contributed by atoms with Crippen molar-refractivity contribution in [1.29, 1.82) is 5.41 Å². The number of ether oxygens (including phenoxy) is 2. The van der Waals surface area contributed by atoms with E-state index in [1.54, 1.807) is 7.11 Å². The molecule has 0 radical (unpaired) electrons. The molecule has 182 valence electrons. The number of rotatable bonds is 12. The van der Waals surface area contributed by atoms with Crippen molar-refractivity contribution in [3.05, 3.63) is 65.2 Å². The van der Waals surface area contributed by atoms with Crippen LogP contribution in [0.25, 0.3) is 0 Å². The predicted molar refractivity (Wildman–Crippen MR) is 135 cm³/mol. The predicted octanol–water partition coefficient (Wildman–Crippen LogP) is 3.22. The third kappa shape index (κ3) is 6.65. The van der Waals surface area contributed by atoms with Crippen LogP contribution in [-0.4, -0.2) is 68.6 Å². The molecule has 2 aromatic carbocycles. The van der Waals surface area contributed by atoms with E-state index in [2.05, 4.69) is 34.9 Å². The maximum absolute atomic E-state index is 13.2. The number of carbonyl (C=O) groups excluding carboxylic acids is 1. The zero-order valence-corrected chi connectivity index (χ0v) is 20.0. The molecule has 0 bridgehead atoms. The first-order chi connectivity index (χ1) is 16.7. The van der Waals surface area contributed by atoms with E-state index in [1.807, 2.05) is 29.2 Å². The van der Waals surface area contributed by atoms with Gasteiger partial charge in [0.25, 0.3) is 5.91 Å². The molecular formula is C27H36N4O3. The van der Waals surface area contributed by atoms with E-state index in [4.69, 9.17) is 14.9 Å². The number of nitrogens with one attached hydrogen (secondary N) is 3. The molecule has 0 spiro atoms. The van der Waals surface area contributed by atoms with Crippen molar-refractivity contribution in [2.75, 3.05) is 45.3 Å². The molecule has 1 heterocycles. The minimum atomic E-state index is -0.403. The molecule has 1 atom stereocenters. The van der Waals surface area contributed by atoms with Crippen LogP contribution in [0.5, 0.6) is 0 Å². The van der Waals surface area contributed by atoms with E-state index in [1.165, 1.54) is 0 Å². The molecule has 1 saturated carbocycles. The maximum atomic E-state index is 13.2. The molecule has 2 aromatic rings. The van der Waals surface area contributed by atoms with Gasteiger partial charge in [-0.25, -0.2) is 0 Å². The van der Waals surface area contributed by atoms with Crippen LogP contribution < -0.4 is 10.6 Å². The number of hydrogen-bond donors (Lipinski definition) is 3. The summed E-state index contributed by atoms with van der Waals surface area (Å²) in [5.41, 5.74) is 4.59. The summed E-state index contributed by atoms with van der Waals surface area (Å²) in [6.07, 6.45) is 3.15. The Morgan fingerprint density at radius 3 is 2.74 bits per heavy atom. The van der Waals surface area contributed by atoms with Gasteiger partial charge in [0, 0.05) is 69.3 Å². The lowest BCUT2D eigenvalue weighted by molar-refractivity contribution is -0.146. The fourth-order valence-corrected chi connectivity index (χ4v) is 4.31. The van der Waals surface area contributed by atoms with E-state index in [9.17, 15) is 4.79 Å². The van der Waals surface area contributed by atoms with Gasteiger partial charge in [0.1, 0.15) is 6.10 Å². The van der Waals surface area contributed by atoms with Crippen molar-refractivity contribution < 1.29 is 14.3 Å². The highest BCUT2D eigenvalue weighted by atomic mass is 16.5. The highest BCUT2D eigenvalue weighted by Gasteiger charge is 2.36. The second-order valence-electron chi connectivity index (χ2n) is 9.05. The van der Waals surface area contributed by atoms with Crippen molar-refractivity contribution in [2.45, 2.75) is 44.4 Å². The Labute approximate surface area is 202 Å². The fraction of sp³-hybridized carbons (Fsp3) is 0.481. The number of morpholine rings is 1. The molecule has 1 aliphatic carbocycles. The maximum Gasteiger partial charge on any atom is 0.253 e. The number of hydrogen-bond acceptors (Lipinski definition) is 6. The largest absolute Gasteiger partial charge is 0.385 e. The number of nitrogens with zero attached hydrogens (tertiary/aromatic N) is 1. The number of methoxy groups -OCH3 is 1. The number of carbonyl (C=O) groups is 1. The quantitative estimate of drug-likeness (QED) is 0.332. The Balaban J connectivity index is 1.51. The van der Waals surface area contributed by atoms with Crippen LogP contribution in [0.2, 0.25) is 0 Å². The van der Waals surface area contributed by atoms with Gasteiger partial charge in [-0.15, -0.1) is 0 Å². The van der Waals surface area contributed by atoms with Crippen LogP contribution in [0, 0.1) is 5.41 Å². The summed E-state index contributed by atoms with van der Waals surface area (Å²) in [5, 5.41) is 15.5. The molecule has 7 nitrogen and oxygen atoms in total. The summed E-state index contributed by atoms with van der Waals surface area (Å²) in [7, 11) is 1.70. The molecule has 1 saturated heterocycles. The fourth-order valence-electron chi connectivity index (χ4n) is 4.31. The van der Waals surface area contributed by atoms with Gasteiger partial charge in [-0.3, -0.25) is 4.79 Å². The van der Waals surface area contributed by atoms with Gasteiger partial charge in [-0.2, -0.15) is 0 Å². The Hall–Kier alpha value is -2.74. The number of amides is 1. The third-order valence-electron chi connectivity index (χ3n) is 6.30. The Morgan fingerprint density at radius 2 is 2.03 bits per heavy atom. The molecule has 1 aliphatic heterocycles. The Morgan fingerprint density at radius 1 is 1.21 bits per heavy atom. The summed E-state index contributed by atoms with van der Waals surface area (Å²) in [6.45, 7) is 3.94. The molecule has 0 aromatic heterocycles. The second kappa shape index (κ2) is 12.1. The van der Waals surface area contributed by atoms with Gasteiger partial charge in [0.05, 0.1) is 6.61 Å². The summed E-state index contributed by atoms with van der Waals surface area (Å²) < 4.78 is 10.9. The Bertz CT molecular complexity index is 956. The zero-order valence-electron chi connectivity index (χ0n) is 20.0. The molecule has 0 unspecified atom stereocenters. The molecular weight excluding hydrogens is 428 g/mol. The minimum absolute atomic E-state index is 0.0743. The first-order valence-corrected chi connectivity index (χ1v) is 12.3. The van der Waals surface area contributed by atoms with E-state index < -0.39 is 6.10 Å². The molecule has 7 heteroatoms. The summed E-state index contributed by atoms with van der Waals surface area (Å²) in [5.74, 6) is 0.0743. The van der Waals surface area contributed by atoms with Crippen molar-refractivity contribution in [3.63, 3.8) is 0 Å². The molecule has 3 N–H and O–H groups in total. The average molecular weight is 465 g/mol. The summed E-state index contributed by atoms with van der Waals surface area (Å²) in [6, 6.07) is 16.6. The van der Waals surface area contributed by atoms with Crippen LogP contribution >= 0.6 is 0 Å². The lowest BCUT2D eigenvalue weighted by Crippen LogP contribution is -2.49. The van der Waals surface area contributed by atoms with Gasteiger partial charge in [-0.05, 0) is 36.5 Å². The lowest BCUT2D eigenvalue weighted by Gasteiger charge is -2.30. The monoisotopic (exact) mass is 464 g/mol. The highest BCUT2D eigenvalue weighted by Crippen LogP contribution is 2.30. The number of benzene rings is 2. The first-order valence-electron chi connectivity index (χ1n) is 12.3. The van der Waals surface area contributed by atoms with E-state index >= 15 is 0 Å². The van der Waals surface area contributed by atoms with Gasteiger partial charge >= 0.3 is 0 Å². The molecule has 2 fully saturated rings. The summed E-state index contributed by atoms with van der Waals surface area (Å²) >= 11 is 0. The zero-order chi connectivity index (χ0) is 23.8. The minimum Gasteiger partial charge on any atom is -0.385 e. The van der Waals surface area contributed by atoms with Crippen molar-refractivity contribution in [2.24, 2.45) is 0 Å². The van der Waals surface area contributed by atoms with Gasteiger partial charge in [-0.1, -0.05) is 42.5 Å². The van der Waals surface area contributed by atoms with E-state index in [0.717, 1.165) is 54.7 Å². The number of anilines is 1. The van der Waals surface area contributed by atoms with Crippen LogP contribution in [0.1, 0.15) is 36.0 Å². The van der Waals surface area contributed by atoms with Crippen LogP contribution in [0.4, 0.5) is 5.69 Å². The normalized spacial score (nSPS) is 17.9. The van der Waals surface area contributed by atoms with Crippen LogP contribution in [-0.2, 0) is 27.2 Å². The second-order valence-corrected chi connectivity index (χ2v) is 9.05. The van der Waals surface area contributed by atoms with E-state index in [-0.39, 0.29) is 5.91 Å². The van der Waals surface area contributed by atoms with E-state index in [0.29, 0.717) is 44.5 Å². The van der Waals surface area contributed by atoms with Crippen molar-refractivity contribution in [1.82, 2.24) is 10.2 Å². The average Bonchev–Trinajstić information content (AvgIpc) is 3.71. The van der Waals surface area contributed by atoms with Gasteiger partial charge < -0.3 is 30.4 Å². The summed E-state index contributed by atoms with van der Waals surface area (Å²) in [4.78, 5) is 15.2. The Kier molecular flexibility index (Phi) is 8.68. The van der Waals surface area contributed by atoms with Gasteiger partial charge in [0.2, 0.25) is 0 Å². The molecule has 1 amide bonds. The molecule has 34 heavy (non-hydrogen) atoms. The molecule has 4 rings (SSSR count). The van der Waals surface area contributed by atoms with Crippen LogP contribution in [0.3, 0.4) is 0 Å². The van der Waals surface area contributed by atoms with Crippen LogP contribution in [0.15, 0.2) is 48.5 Å². The lowest BCUT2D eigenvalue weighted by atomic mass is 9.98. The third-order valence-corrected chi connectivity index (χ3v) is 6.30. The van der Waals surface area contributed by atoms with Crippen molar-refractivity contribution >= 4 is 17.3 Å². The molecule has 2 aliphatic rings. The SMILES string of the molecule is COCCCNc1cc(CN(C(=O)[C@H]2CNCCO2)C2CC2)ccc1C(=N)Cc1ccccc1. The highest BCUT2D eigenvalue weighted by molar-refractivity contribution is 6.04. The van der Waals surface area contributed by atoms with Gasteiger partial charge in [0.15, 0.2) is 0 Å². The standard InChI is InChI=1S/C27H36N4O3/c1-33-14-5-12-30-25-17-21(8-11-23(25)24(28)16-20-6-3-2-4-7-20)19-31(22-9-10-22)27(32)26-18-29-13-15-34-26/h2-4,6-8,11,17,22,26,28-30H,5,9-10,12-16,18-19H2,1H3/t26-/m1/s1. The first kappa shape index (κ1) is 24.4. The smallest absolute Gasteiger partial charge is 0.253 e.